The molecule has 0 aromatic heterocycles. The molecule has 0 radical (unpaired) electrons. The molecule has 15 heavy (non-hydrogen) atoms. The van der Waals surface area contributed by atoms with Crippen molar-refractivity contribution in [2.75, 3.05) is 6.61 Å². The average molecular weight is 206 g/mol. The van der Waals surface area contributed by atoms with Crippen LogP contribution < -0.4 is 4.74 Å². The average Bonchev–Trinajstić information content (AvgIpc) is 2.35. The van der Waals surface area contributed by atoms with Gasteiger partial charge in [-0.2, -0.15) is 0 Å². The van der Waals surface area contributed by atoms with Gasteiger partial charge in [-0.15, -0.1) is 0 Å². The van der Waals surface area contributed by atoms with Crippen molar-refractivity contribution >= 4 is 0 Å². The molecule has 1 aromatic carbocycles. The van der Waals surface area contributed by atoms with Crippen LogP contribution in [0.2, 0.25) is 0 Å². The molecule has 2 heteroatoms. The molecule has 82 valence electrons. The van der Waals surface area contributed by atoms with Crippen molar-refractivity contribution in [3.63, 3.8) is 0 Å². The number of benzene rings is 1. The zero-order valence-electron chi connectivity index (χ0n) is 9.31. The molecule has 0 amide bonds. The first-order valence-electron chi connectivity index (χ1n) is 5.60. The fraction of sp³-hybridized carbons (Fsp3) is 0.538. The Labute approximate surface area is 90.9 Å². The maximum Gasteiger partial charge on any atom is 0.122 e. The summed E-state index contributed by atoms with van der Waals surface area (Å²) in [5, 5.41) is 10.1. The Morgan fingerprint density at radius 2 is 2.07 bits per heavy atom. The van der Waals surface area contributed by atoms with Gasteiger partial charge in [0.25, 0.3) is 0 Å². The minimum Gasteiger partial charge on any atom is -0.493 e. The van der Waals surface area contributed by atoms with Crippen molar-refractivity contribution in [3.05, 3.63) is 29.8 Å². The minimum absolute atomic E-state index is 0.198. The van der Waals surface area contributed by atoms with E-state index in [0.717, 1.165) is 17.7 Å². The number of aliphatic hydroxyl groups is 1. The van der Waals surface area contributed by atoms with E-state index in [0.29, 0.717) is 12.5 Å². The lowest BCUT2D eigenvalue weighted by Gasteiger charge is -2.24. The van der Waals surface area contributed by atoms with E-state index in [1.807, 2.05) is 18.2 Å². The Hall–Kier alpha value is -1.02. The number of ether oxygens (including phenoxy) is 1. The van der Waals surface area contributed by atoms with E-state index in [2.05, 4.69) is 19.9 Å². The van der Waals surface area contributed by atoms with E-state index in [-0.39, 0.29) is 12.0 Å². The standard InChI is InChI=1S/C13H18O2/c1-9(2)13-10-5-3-4-6-12(10)15-8-7-11(13)14/h3-6,9,11,13-14H,7-8H2,1-2H3/t11-,13-/m0/s1. The number of rotatable bonds is 1. The number of para-hydroxylation sites is 1. The van der Waals surface area contributed by atoms with Gasteiger partial charge in [0.1, 0.15) is 5.75 Å². The highest BCUT2D eigenvalue weighted by Crippen LogP contribution is 2.37. The second-order valence-corrected chi connectivity index (χ2v) is 4.51. The summed E-state index contributed by atoms with van der Waals surface area (Å²) in [6.45, 7) is 4.91. The van der Waals surface area contributed by atoms with Gasteiger partial charge in [0.15, 0.2) is 0 Å². The highest BCUT2D eigenvalue weighted by atomic mass is 16.5. The second-order valence-electron chi connectivity index (χ2n) is 4.51. The molecule has 1 aromatic rings. The predicted octanol–water partition coefficient (Wildman–Crippen LogP) is 2.57. The summed E-state index contributed by atoms with van der Waals surface area (Å²) in [5.74, 6) is 1.57. The summed E-state index contributed by atoms with van der Waals surface area (Å²) in [6, 6.07) is 8.04. The largest absolute Gasteiger partial charge is 0.493 e. The third-order valence-electron chi connectivity index (χ3n) is 3.08. The van der Waals surface area contributed by atoms with Crippen LogP contribution in [0.4, 0.5) is 0 Å². The highest BCUT2D eigenvalue weighted by molar-refractivity contribution is 5.38. The van der Waals surface area contributed by atoms with Crippen LogP contribution in [-0.4, -0.2) is 17.8 Å². The van der Waals surface area contributed by atoms with E-state index in [9.17, 15) is 5.11 Å². The Bertz CT molecular complexity index is 333. The SMILES string of the molecule is CC(C)[C@H]1c2ccccc2OCC[C@@H]1O. The zero-order valence-corrected chi connectivity index (χ0v) is 9.31. The quantitative estimate of drug-likeness (QED) is 0.765. The molecule has 1 aliphatic heterocycles. The molecule has 1 heterocycles. The van der Waals surface area contributed by atoms with Gasteiger partial charge in [-0.3, -0.25) is 0 Å². The van der Waals surface area contributed by atoms with Crippen LogP contribution in [0.3, 0.4) is 0 Å². The van der Waals surface area contributed by atoms with Gasteiger partial charge in [-0.1, -0.05) is 32.0 Å². The van der Waals surface area contributed by atoms with Crippen LogP contribution in [0, 0.1) is 5.92 Å². The van der Waals surface area contributed by atoms with Crippen LogP contribution in [0.5, 0.6) is 5.75 Å². The fourth-order valence-corrected chi connectivity index (χ4v) is 2.37. The minimum atomic E-state index is -0.284. The van der Waals surface area contributed by atoms with Crippen molar-refractivity contribution in [2.45, 2.75) is 32.3 Å². The first-order chi connectivity index (χ1) is 7.20. The van der Waals surface area contributed by atoms with Crippen LogP contribution in [0.1, 0.15) is 31.7 Å². The predicted molar refractivity (Wildman–Crippen MR) is 60.1 cm³/mol. The normalized spacial score (nSPS) is 25.6. The first kappa shape index (κ1) is 10.5. The van der Waals surface area contributed by atoms with Crippen molar-refractivity contribution in [3.8, 4) is 5.75 Å². The van der Waals surface area contributed by atoms with Crippen molar-refractivity contribution in [1.29, 1.82) is 0 Å². The number of hydrogen-bond donors (Lipinski definition) is 1. The summed E-state index contributed by atoms with van der Waals surface area (Å²) < 4.78 is 5.64. The van der Waals surface area contributed by atoms with Gasteiger partial charge < -0.3 is 9.84 Å². The highest BCUT2D eigenvalue weighted by Gasteiger charge is 2.29. The summed E-state index contributed by atoms with van der Waals surface area (Å²) in [7, 11) is 0. The number of hydrogen-bond acceptors (Lipinski definition) is 2. The molecule has 2 atom stereocenters. The summed E-state index contributed by atoms with van der Waals surface area (Å²) >= 11 is 0. The Kier molecular flexibility index (Phi) is 2.96. The van der Waals surface area contributed by atoms with E-state index in [1.165, 1.54) is 0 Å². The van der Waals surface area contributed by atoms with Crippen molar-refractivity contribution in [2.24, 2.45) is 5.92 Å². The van der Waals surface area contributed by atoms with Gasteiger partial charge >= 0.3 is 0 Å². The molecule has 0 saturated carbocycles. The Balaban J connectivity index is 2.42. The fourth-order valence-electron chi connectivity index (χ4n) is 2.37. The van der Waals surface area contributed by atoms with E-state index < -0.39 is 0 Å². The molecule has 0 unspecified atom stereocenters. The molecule has 2 rings (SSSR count). The maximum absolute atomic E-state index is 10.1. The van der Waals surface area contributed by atoms with Crippen molar-refractivity contribution < 1.29 is 9.84 Å². The summed E-state index contributed by atoms with van der Waals surface area (Å²) in [6.07, 6.45) is 0.436. The van der Waals surface area contributed by atoms with Crippen LogP contribution >= 0.6 is 0 Å². The lowest BCUT2D eigenvalue weighted by Crippen LogP contribution is -2.22. The summed E-state index contributed by atoms with van der Waals surface area (Å²) in [5.41, 5.74) is 1.15. The molecule has 1 N–H and O–H groups in total. The molecule has 0 aliphatic carbocycles. The molecule has 2 nitrogen and oxygen atoms in total. The van der Waals surface area contributed by atoms with E-state index in [1.54, 1.807) is 0 Å². The third kappa shape index (κ3) is 2.00. The lowest BCUT2D eigenvalue weighted by molar-refractivity contribution is 0.107. The van der Waals surface area contributed by atoms with Gasteiger partial charge in [0, 0.05) is 17.9 Å². The molecular formula is C13H18O2. The topological polar surface area (TPSA) is 29.5 Å². The van der Waals surface area contributed by atoms with Gasteiger partial charge in [0.2, 0.25) is 0 Å². The van der Waals surface area contributed by atoms with Crippen LogP contribution in [-0.2, 0) is 0 Å². The Morgan fingerprint density at radius 3 is 2.80 bits per heavy atom. The van der Waals surface area contributed by atoms with E-state index >= 15 is 0 Å². The molecule has 0 bridgehead atoms. The Morgan fingerprint density at radius 1 is 1.33 bits per heavy atom. The van der Waals surface area contributed by atoms with Gasteiger partial charge in [0.05, 0.1) is 12.7 Å². The zero-order chi connectivity index (χ0) is 10.8. The smallest absolute Gasteiger partial charge is 0.122 e. The second kappa shape index (κ2) is 4.23. The number of aliphatic hydroxyl groups excluding tert-OH is 1. The van der Waals surface area contributed by atoms with Gasteiger partial charge in [-0.05, 0) is 12.0 Å². The van der Waals surface area contributed by atoms with Crippen LogP contribution in [0.25, 0.3) is 0 Å². The maximum atomic E-state index is 10.1. The van der Waals surface area contributed by atoms with E-state index in [4.69, 9.17) is 4.74 Å². The molecule has 0 fully saturated rings. The lowest BCUT2D eigenvalue weighted by atomic mass is 9.83. The number of fused-ring (bicyclic) bond motifs is 1. The van der Waals surface area contributed by atoms with Crippen molar-refractivity contribution in [1.82, 2.24) is 0 Å². The molecule has 1 aliphatic rings. The first-order valence-corrected chi connectivity index (χ1v) is 5.60. The molecular weight excluding hydrogens is 188 g/mol. The summed E-state index contributed by atoms with van der Waals surface area (Å²) in [4.78, 5) is 0. The third-order valence-corrected chi connectivity index (χ3v) is 3.08. The monoisotopic (exact) mass is 206 g/mol. The van der Waals surface area contributed by atoms with Gasteiger partial charge in [-0.25, -0.2) is 0 Å². The molecule has 0 saturated heterocycles. The molecule has 0 spiro atoms. The van der Waals surface area contributed by atoms with Crippen LogP contribution in [0.15, 0.2) is 24.3 Å².